The molecule has 8 rings (SSSR count). The van der Waals surface area contributed by atoms with Crippen molar-refractivity contribution in [1.29, 1.82) is 0 Å². The summed E-state index contributed by atoms with van der Waals surface area (Å²) in [5.74, 6) is -1.48. The molecule has 0 unspecified atom stereocenters. The Morgan fingerprint density at radius 2 is 1.18 bits per heavy atom. The van der Waals surface area contributed by atoms with Gasteiger partial charge in [-0.05, 0) is 85.0 Å². The molecule has 0 radical (unpaired) electrons. The van der Waals surface area contributed by atoms with Gasteiger partial charge in [-0.3, -0.25) is 9.59 Å². The lowest BCUT2D eigenvalue weighted by molar-refractivity contribution is -0.346. The number of hydrogen-bond donors (Lipinski definition) is 4. The van der Waals surface area contributed by atoms with Crippen LogP contribution in [0.25, 0.3) is 0 Å². The maximum atomic E-state index is 13.0. The zero-order valence-electron chi connectivity index (χ0n) is 41.9. The van der Waals surface area contributed by atoms with Crippen LogP contribution in [0.5, 0.6) is 0 Å². The van der Waals surface area contributed by atoms with Crippen molar-refractivity contribution < 1.29 is 86.9 Å². The highest BCUT2D eigenvalue weighted by Gasteiger charge is 2.77. The fraction of sp³-hybridized carbons (Fsp3) is 0.920. The molecule has 3 saturated carbocycles. The molecule has 0 bridgehead atoms. The number of carbonyl (C=O) groups is 2. The SMILES string of the molecule is CO[C@@H]1C[C@H](O[C@H]2[C@H](O)C[C@H](O[C@@H]3[C@@H](C)O[C@@H](O[C@@H]4[C@@H](C)O[C@@H](O[C@@H]5CC[C@@]6(C)C(=CC[C@@]7(O)[C@@H]6C[C@@H](OC(C)=O)[C@]6(C)[C@@H](C(C)=O)CC[C@]67O)C5)C[C@H]4OC)C[C@H]3OC)O[C@@H]2C)O[C@H](C)[C@H]1O. The van der Waals surface area contributed by atoms with E-state index in [2.05, 4.69) is 13.0 Å². The monoisotopic (exact) mass is 969 g/mol. The Morgan fingerprint density at radius 3 is 1.72 bits per heavy atom. The number of fused-ring (bicyclic) bond motifs is 5. The van der Waals surface area contributed by atoms with Crippen LogP contribution in [-0.2, 0) is 66.4 Å². The van der Waals surface area contributed by atoms with Crippen molar-refractivity contribution >= 4 is 11.8 Å². The normalized spacial score (nSPS) is 51.7. The number of esters is 1. The molecule has 0 aromatic heterocycles. The van der Waals surface area contributed by atoms with Crippen molar-refractivity contribution in [2.75, 3.05) is 21.3 Å². The van der Waals surface area contributed by atoms with E-state index in [0.717, 1.165) is 5.57 Å². The lowest BCUT2D eigenvalue weighted by atomic mass is 9.43. The average molecular weight is 969 g/mol. The van der Waals surface area contributed by atoms with Crippen molar-refractivity contribution in [1.82, 2.24) is 0 Å². The fourth-order valence-electron chi connectivity index (χ4n) is 14.1. The van der Waals surface area contributed by atoms with Gasteiger partial charge in [0.05, 0.1) is 54.9 Å². The molecule has 4 N–H and O–H groups in total. The van der Waals surface area contributed by atoms with Gasteiger partial charge in [0.2, 0.25) is 0 Å². The van der Waals surface area contributed by atoms with Crippen LogP contribution in [0.4, 0.5) is 0 Å². The lowest BCUT2D eigenvalue weighted by Crippen LogP contribution is -2.75. The molecule has 4 aliphatic heterocycles. The molecule has 7 fully saturated rings. The summed E-state index contributed by atoms with van der Waals surface area (Å²) in [5, 5.41) is 47.0. The number of aliphatic hydroxyl groups is 4. The first-order chi connectivity index (χ1) is 32.1. The predicted molar refractivity (Wildman–Crippen MR) is 239 cm³/mol. The zero-order chi connectivity index (χ0) is 49.2. The molecule has 4 saturated heterocycles. The van der Waals surface area contributed by atoms with Gasteiger partial charge in [-0.25, -0.2) is 0 Å². The van der Waals surface area contributed by atoms with E-state index in [4.69, 9.17) is 56.8 Å². The van der Waals surface area contributed by atoms with Crippen LogP contribution in [0.2, 0.25) is 0 Å². The number of ether oxygens (including phenoxy) is 12. The zero-order valence-corrected chi connectivity index (χ0v) is 41.9. The third-order valence-corrected chi connectivity index (χ3v) is 17.9. The predicted octanol–water partition coefficient (Wildman–Crippen LogP) is 3.77. The second-order valence-electron chi connectivity index (χ2n) is 21.7. The van der Waals surface area contributed by atoms with E-state index in [1.54, 1.807) is 21.1 Å². The molecule has 0 spiro atoms. The second-order valence-corrected chi connectivity index (χ2v) is 21.7. The maximum Gasteiger partial charge on any atom is 0.302 e. The molecule has 0 aromatic carbocycles. The van der Waals surface area contributed by atoms with Crippen LogP contribution in [0, 0.1) is 22.7 Å². The van der Waals surface area contributed by atoms with Gasteiger partial charge in [0.15, 0.2) is 25.2 Å². The minimum Gasteiger partial charge on any atom is -0.462 e. The van der Waals surface area contributed by atoms with Gasteiger partial charge >= 0.3 is 5.97 Å². The van der Waals surface area contributed by atoms with Crippen LogP contribution >= 0.6 is 0 Å². The largest absolute Gasteiger partial charge is 0.462 e. The minimum absolute atomic E-state index is 0.0706. The molecule has 4 aliphatic carbocycles. The van der Waals surface area contributed by atoms with Gasteiger partial charge in [0.1, 0.15) is 47.5 Å². The van der Waals surface area contributed by atoms with Gasteiger partial charge in [0, 0.05) is 71.2 Å². The second kappa shape index (κ2) is 20.3. The summed E-state index contributed by atoms with van der Waals surface area (Å²) in [5.41, 5.74) is -3.61. The molecule has 388 valence electrons. The Kier molecular flexibility index (Phi) is 15.7. The molecular weight excluding hydrogens is 889 g/mol. The van der Waals surface area contributed by atoms with Crippen molar-refractivity contribution in [3.05, 3.63) is 11.6 Å². The highest BCUT2D eigenvalue weighted by molar-refractivity contribution is 5.80. The standard InChI is InChI=1S/C50H80O18/c1-24(51)32-14-17-50(56)48(32,8)38(64-29(6)52)23-37-47(7)15-13-31(18-30(47)12-16-49(37,50)55)65-40-21-35(58-10)46(27(4)62-40)68-42-22-36(59-11)45(28(5)63-42)67-39-19-33(53)44(26(3)61-39)66-41-20-34(57-9)43(54)25(2)60-41/h12,25-28,31-46,53-56H,13-23H2,1-11H3/t25-,26-,27-,28-,31-,32-,33-,34-,35-,36-,37-,38-,39+,40+,41+,42+,43-,44-,45-,46-,47+,48+,49-,50+/m1/s1. The summed E-state index contributed by atoms with van der Waals surface area (Å²) in [7, 11) is 4.80. The lowest BCUT2D eigenvalue weighted by Gasteiger charge is -2.66. The Hall–Kier alpha value is -1.72. The average Bonchev–Trinajstić information content (AvgIpc) is 3.58. The van der Waals surface area contributed by atoms with E-state index in [9.17, 15) is 30.0 Å². The summed E-state index contributed by atoms with van der Waals surface area (Å²) in [4.78, 5) is 25.5. The summed E-state index contributed by atoms with van der Waals surface area (Å²) in [6.07, 6.45) is -3.63. The van der Waals surface area contributed by atoms with Crippen LogP contribution in [0.15, 0.2) is 11.6 Å². The molecule has 0 aromatic rings. The molecule has 4 heterocycles. The van der Waals surface area contributed by atoms with Gasteiger partial charge < -0.3 is 77.3 Å². The van der Waals surface area contributed by atoms with Crippen molar-refractivity contribution in [3.8, 4) is 0 Å². The third-order valence-electron chi connectivity index (χ3n) is 17.9. The van der Waals surface area contributed by atoms with Crippen molar-refractivity contribution in [2.24, 2.45) is 22.7 Å². The van der Waals surface area contributed by atoms with E-state index >= 15 is 0 Å². The fourth-order valence-corrected chi connectivity index (χ4v) is 14.1. The number of methoxy groups -OCH3 is 3. The smallest absolute Gasteiger partial charge is 0.302 e. The van der Waals surface area contributed by atoms with Gasteiger partial charge in [-0.15, -0.1) is 0 Å². The van der Waals surface area contributed by atoms with Crippen LogP contribution in [0.1, 0.15) is 126 Å². The Labute approximate surface area is 401 Å². The first-order valence-corrected chi connectivity index (χ1v) is 25.1. The van der Waals surface area contributed by atoms with E-state index < -0.39 is 138 Å². The molecule has 18 nitrogen and oxygen atoms in total. The Bertz CT molecular complexity index is 1810. The summed E-state index contributed by atoms with van der Waals surface area (Å²) < 4.78 is 74.4. The van der Waals surface area contributed by atoms with Crippen LogP contribution < -0.4 is 0 Å². The molecule has 18 heteroatoms. The molecule has 24 atom stereocenters. The number of aliphatic hydroxyl groups excluding tert-OH is 2. The quantitative estimate of drug-likeness (QED) is 0.152. The minimum atomic E-state index is -1.63. The number of carbonyl (C=O) groups excluding carboxylic acids is 2. The van der Waals surface area contributed by atoms with E-state index in [0.29, 0.717) is 51.4 Å². The Morgan fingerprint density at radius 1 is 0.662 bits per heavy atom. The first kappa shape index (κ1) is 52.6. The van der Waals surface area contributed by atoms with Crippen LogP contribution in [-0.4, -0.2) is 175 Å². The van der Waals surface area contributed by atoms with Crippen molar-refractivity contribution in [2.45, 2.75) is 248 Å². The third kappa shape index (κ3) is 9.31. The Balaban J connectivity index is 0.851. The topological polar surface area (TPSA) is 226 Å². The molecule has 68 heavy (non-hydrogen) atoms. The number of rotatable bonds is 13. The molecular formula is C50H80O18. The van der Waals surface area contributed by atoms with E-state index in [-0.39, 0.29) is 37.3 Å². The first-order valence-electron chi connectivity index (χ1n) is 25.1. The van der Waals surface area contributed by atoms with Gasteiger partial charge in [0.25, 0.3) is 0 Å². The van der Waals surface area contributed by atoms with Crippen molar-refractivity contribution in [3.63, 3.8) is 0 Å². The number of hydrogen-bond acceptors (Lipinski definition) is 18. The van der Waals surface area contributed by atoms with E-state index in [1.165, 1.54) is 21.0 Å². The van der Waals surface area contributed by atoms with E-state index in [1.807, 2.05) is 27.7 Å². The number of Topliss-reactive ketones (excluding diaryl/α,β-unsaturated/α-hetero) is 1. The van der Waals surface area contributed by atoms with Gasteiger partial charge in [-0.2, -0.15) is 0 Å². The molecule has 0 amide bonds. The highest BCUT2D eigenvalue weighted by atomic mass is 16.8. The number of ketones is 1. The van der Waals surface area contributed by atoms with Gasteiger partial charge in [-0.1, -0.05) is 25.5 Å². The maximum absolute atomic E-state index is 13.0. The summed E-state index contributed by atoms with van der Waals surface area (Å²) in [6, 6.07) is 0. The molecule has 8 aliphatic rings. The van der Waals surface area contributed by atoms with Crippen LogP contribution in [0.3, 0.4) is 0 Å². The summed E-state index contributed by atoms with van der Waals surface area (Å²) >= 11 is 0. The highest BCUT2D eigenvalue weighted by Crippen LogP contribution is 2.70. The summed E-state index contributed by atoms with van der Waals surface area (Å²) in [6.45, 7) is 14.3.